The van der Waals surface area contributed by atoms with E-state index in [1.807, 2.05) is 23.0 Å². The zero-order valence-corrected chi connectivity index (χ0v) is 19.9. The van der Waals surface area contributed by atoms with Crippen molar-refractivity contribution in [2.24, 2.45) is 11.7 Å². The van der Waals surface area contributed by atoms with E-state index in [1.54, 1.807) is 6.07 Å². The minimum Gasteiger partial charge on any atom is -0.371 e. The maximum absolute atomic E-state index is 6.40. The minimum absolute atomic E-state index is 0.627. The summed E-state index contributed by atoms with van der Waals surface area (Å²) in [6.07, 6.45) is 6.95. The Balaban J connectivity index is 1.29. The topological polar surface area (TPSA) is 50.3 Å². The van der Waals surface area contributed by atoms with Crippen LogP contribution in [0, 0.1) is 5.92 Å². The van der Waals surface area contributed by atoms with E-state index in [2.05, 4.69) is 33.1 Å². The summed E-state index contributed by atoms with van der Waals surface area (Å²) in [7, 11) is 0. The van der Waals surface area contributed by atoms with E-state index in [9.17, 15) is 0 Å². The van der Waals surface area contributed by atoms with Crippen LogP contribution in [0.4, 0.5) is 5.69 Å². The zero-order valence-electron chi connectivity index (χ0n) is 18.4. The summed E-state index contributed by atoms with van der Waals surface area (Å²) in [4.78, 5) is 5.22. The predicted molar refractivity (Wildman–Crippen MR) is 134 cm³/mol. The average molecular weight is 472 g/mol. The van der Waals surface area contributed by atoms with Gasteiger partial charge in [-0.3, -0.25) is 9.58 Å². The highest BCUT2D eigenvalue weighted by atomic mass is 35.5. The third kappa shape index (κ3) is 4.62. The van der Waals surface area contributed by atoms with Crippen molar-refractivity contribution in [3.63, 3.8) is 0 Å². The normalized spacial score (nSPS) is 20.8. The molecule has 0 amide bonds. The minimum atomic E-state index is 0.627. The summed E-state index contributed by atoms with van der Waals surface area (Å²) < 4.78 is 2.03. The monoisotopic (exact) mass is 471 g/mol. The van der Waals surface area contributed by atoms with Crippen molar-refractivity contribution in [2.75, 3.05) is 37.6 Å². The third-order valence-electron chi connectivity index (χ3n) is 7.19. The third-order valence-corrected chi connectivity index (χ3v) is 7.78. The largest absolute Gasteiger partial charge is 0.371 e. The van der Waals surface area contributed by atoms with Gasteiger partial charge in [-0.15, -0.1) is 0 Å². The fraction of sp³-hybridized carbons (Fsp3) is 0.480. The van der Waals surface area contributed by atoms with Crippen LogP contribution in [0.5, 0.6) is 0 Å². The van der Waals surface area contributed by atoms with Crippen LogP contribution < -0.4 is 10.6 Å². The van der Waals surface area contributed by atoms with Gasteiger partial charge in [0, 0.05) is 46.8 Å². The molecule has 1 atom stereocenters. The van der Waals surface area contributed by atoms with E-state index in [4.69, 9.17) is 28.9 Å². The van der Waals surface area contributed by atoms with Crippen molar-refractivity contribution in [1.29, 1.82) is 0 Å². The van der Waals surface area contributed by atoms with Gasteiger partial charge in [0.1, 0.15) is 0 Å². The highest BCUT2D eigenvalue weighted by Gasteiger charge is 2.28. The molecule has 2 saturated heterocycles. The maximum atomic E-state index is 6.40. The molecule has 0 aliphatic carbocycles. The second kappa shape index (κ2) is 9.60. The highest BCUT2D eigenvalue weighted by molar-refractivity contribution is 6.35. The lowest BCUT2D eigenvalue weighted by atomic mass is 9.94. The quantitative estimate of drug-likeness (QED) is 0.566. The number of fused-ring (bicyclic) bond motifs is 1. The van der Waals surface area contributed by atoms with Crippen molar-refractivity contribution >= 4 is 39.8 Å². The predicted octanol–water partition coefficient (Wildman–Crippen LogP) is 5.03. The molecule has 1 unspecified atom stereocenters. The summed E-state index contributed by atoms with van der Waals surface area (Å²) in [5, 5.41) is 7.09. The molecule has 2 aliphatic rings. The second-order valence-electron chi connectivity index (χ2n) is 9.24. The fourth-order valence-corrected chi connectivity index (χ4v) is 5.77. The van der Waals surface area contributed by atoms with E-state index >= 15 is 0 Å². The molecule has 0 radical (unpaired) electrons. The number of anilines is 1. The first kappa shape index (κ1) is 22.0. The molecule has 5 rings (SSSR count). The Kier molecular flexibility index (Phi) is 6.61. The van der Waals surface area contributed by atoms with Crippen LogP contribution in [-0.2, 0) is 6.54 Å². The standard InChI is InChI=1S/C25H31Cl2N5/c26-21-5-3-20(24(27)12-21)17-32-25-13-23(6-4-19(25)15-29-32)30-10-7-22(8-11-30)31-9-1-2-18(14-28)16-31/h3-6,12-13,15,18,22H,1-2,7-11,14,16-17,28H2. The highest BCUT2D eigenvalue weighted by Crippen LogP contribution is 2.29. The van der Waals surface area contributed by atoms with E-state index < -0.39 is 0 Å². The maximum Gasteiger partial charge on any atom is 0.0707 e. The Morgan fingerprint density at radius 3 is 2.62 bits per heavy atom. The number of benzene rings is 2. The molecular formula is C25H31Cl2N5. The van der Waals surface area contributed by atoms with Crippen molar-refractivity contribution in [3.05, 3.63) is 58.2 Å². The number of halogens is 2. The smallest absolute Gasteiger partial charge is 0.0707 e. The number of rotatable bonds is 5. The van der Waals surface area contributed by atoms with Gasteiger partial charge in [0.25, 0.3) is 0 Å². The number of nitrogens with zero attached hydrogens (tertiary/aromatic N) is 4. The van der Waals surface area contributed by atoms with Crippen LogP contribution in [0.15, 0.2) is 42.6 Å². The van der Waals surface area contributed by atoms with Gasteiger partial charge < -0.3 is 10.6 Å². The number of hydrogen-bond acceptors (Lipinski definition) is 4. The molecule has 0 bridgehead atoms. The number of piperidine rings is 2. The van der Waals surface area contributed by atoms with E-state index in [-0.39, 0.29) is 0 Å². The van der Waals surface area contributed by atoms with Crippen molar-refractivity contribution < 1.29 is 0 Å². The van der Waals surface area contributed by atoms with E-state index in [0.29, 0.717) is 28.5 Å². The second-order valence-corrected chi connectivity index (χ2v) is 10.1. The van der Waals surface area contributed by atoms with E-state index in [0.717, 1.165) is 36.1 Å². The Morgan fingerprint density at radius 2 is 1.84 bits per heavy atom. The van der Waals surface area contributed by atoms with Crippen molar-refractivity contribution in [3.8, 4) is 0 Å². The number of nitrogens with two attached hydrogens (primary N) is 1. The summed E-state index contributed by atoms with van der Waals surface area (Å²) in [6.45, 7) is 6.06. The van der Waals surface area contributed by atoms with Gasteiger partial charge in [-0.25, -0.2) is 0 Å². The lowest BCUT2D eigenvalue weighted by Gasteiger charge is -2.42. The molecule has 3 heterocycles. The van der Waals surface area contributed by atoms with Crippen LogP contribution in [0.25, 0.3) is 10.9 Å². The molecule has 2 N–H and O–H groups in total. The molecule has 3 aromatic rings. The van der Waals surface area contributed by atoms with Crippen LogP contribution in [0.1, 0.15) is 31.2 Å². The molecular weight excluding hydrogens is 441 g/mol. The lowest BCUT2D eigenvalue weighted by molar-refractivity contribution is 0.109. The van der Waals surface area contributed by atoms with Gasteiger partial charge in [-0.2, -0.15) is 5.10 Å². The molecule has 2 fully saturated rings. The molecule has 7 heteroatoms. The fourth-order valence-electron chi connectivity index (χ4n) is 5.30. The molecule has 0 saturated carbocycles. The Morgan fingerprint density at radius 1 is 1.00 bits per heavy atom. The lowest BCUT2D eigenvalue weighted by Crippen LogP contribution is -2.49. The average Bonchev–Trinajstić information content (AvgIpc) is 3.23. The number of likely N-dealkylation sites (tertiary alicyclic amines) is 1. The first-order valence-corrected chi connectivity index (χ1v) is 12.4. The summed E-state index contributed by atoms with van der Waals surface area (Å²) >= 11 is 12.5. The number of aromatic nitrogens is 2. The summed E-state index contributed by atoms with van der Waals surface area (Å²) in [5.74, 6) is 0.679. The Hall–Kier alpha value is -1.79. The first-order chi connectivity index (χ1) is 15.6. The van der Waals surface area contributed by atoms with Crippen LogP contribution in [-0.4, -0.2) is 53.4 Å². The first-order valence-electron chi connectivity index (χ1n) is 11.7. The molecule has 2 aromatic carbocycles. The van der Waals surface area contributed by atoms with Gasteiger partial charge >= 0.3 is 0 Å². The molecule has 32 heavy (non-hydrogen) atoms. The van der Waals surface area contributed by atoms with Gasteiger partial charge in [-0.1, -0.05) is 29.3 Å². The zero-order chi connectivity index (χ0) is 22.1. The molecule has 5 nitrogen and oxygen atoms in total. The number of hydrogen-bond donors (Lipinski definition) is 1. The molecule has 0 spiro atoms. The van der Waals surface area contributed by atoms with Gasteiger partial charge in [-0.05, 0) is 80.6 Å². The molecule has 2 aliphatic heterocycles. The van der Waals surface area contributed by atoms with Crippen LogP contribution >= 0.6 is 23.2 Å². The SMILES string of the molecule is NCC1CCCN(C2CCN(c3ccc4cnn(Cc5ccc(Cl)cc5Cl)c4c3)CC2)C1. The van der Waals surface area contributed by atoms with Gasteiger partial charge in [0.15, 0.2) is 0 Å². The molecule has 170 valence electrons. The van der Waals surface area contributed by atoms with Crippen LogP contribution in [0.3, 0.4) is 0 Å². The summed E-state index contributed by atoms with van der Waals surface area (Å²) in [5.41, 5.74) is 9.38. The van der Waals surface area contributed by atoms with Crippen LogP contribution in [0.2, 0.25) is 10.0 Å². The van der Waals surface area contributed by atoms with E-state index in [1.165, 1.54) is 44.5 Å². The summed E-state index contributed by atoms with van der Waals surface area (Å²) in [6, 6.07) is 13.0. The Bertz CT molecular complexity index is 1070. The Labute approximate surface area is 200 Å². The van der Waals surface area contributed by atoms with Gasteiger partial charge in [0.2, 0.25) is 0 Å². The van der Waals surface area contributed by atoms with Crippen molar-refractivity contribution in [1.82, 2.24) is 14.7 Å². The van der Waals surface area contributed by atoms with Gasteiger partial charge in [0.05, 0.1) is 18.3 Å². The van der Waals surface area contributed by atoms with Crippen molar-refractivity contribution in [2.45, 2.75) is 38.3 Å². The molecule has 1 aromatic heterocycles.